The minimum atomic E-state index is -0.242. The van der Waals surface area contributed by atoms with Crippen LogP contribution in [0.4, 0.5) is 5.69 Å². The monoisotopic (exact) mass is 384 g/mol. The molecule has 1 aromatic heterocycles. The van der Waals surface area contributed by atoms with E-state index in [1.807, 2.05) is 13.0 Å². The number of pyridine rings is 1. The Bertz CT molecular complexity index is 892. The van der Waals surface area contributed by atoms with Crippen molar-refractivity contribution in [3.8, 4) is 11.5 Å². The Kier molecular flexibility index (Phi) is 4.36. The van der Waals surface area contributed by atoms with Crippen LogP contribution in [0.5, 0.6) is 11.5 Å². The van der Waals surface area contributed by atoms with E-state index in [0.29, 0.717) is 0 Å². The van der Waals surface area contributed by atoms with Crippen LogP contribution in [0.15, 0.2) is 18.2 Å². The molecule has 1 spiro atoms. The number of aliphatic hydroxyl groups excluding tert-OH is 1. The summed E-state index contributed by atoms with van der Waals surface area (Å²) in [6.45, 7) is 6.27. The lowest BCUT2D eigenvalue weighted by Gasteiger charge is -2.48. The highest BCUT2D eigenvalue weighted by Gasteiger charge is 2.43. The van der Waals surface area contributed by atoms with E-state index in [-0.39, 0.29) is 24.6 Å². The summed E-state index contributed by atoms with van der Waals surface area (Å²) in [7, 11) is 0. The van der Waals surface area contributed by atoms with E-state index in [1.165, 1.54) is 5.69 Å². The van der Waals surface area contributed by atoms with Gasteiger partial charge in [-0.1, -0.05) is 6.92 Å². The van der Waals surface area contributed by atoms with Crippen molar-refractivity contribution < 1.29 is 19.3 Å². The first-order valence-electron chi connectivity index (χ1n) is 10.4. The first kappa shape index (κ1) is 18.0. The summed E-state index contributed by atoms with van der Waals surface area (Å²) < 4.78 is 17.6. The molecule has 2 aromatic rings. The van der Waals surface area contributed by atoms with Crippen LogP contribution in [-0.4, -0.2) is 47.8 Å². The van der Waals surface area contributed by atoms with Gasteiger partial charge >= 0.3 is 0 Å². The Hall–Kier alpha value is -2.05. The summed E-state index contributed by atoms with van der Waals surface area (Å²) in [5, 5.41) is 11.4. The molecule has 6 heteroatoms. The Morgan fingerprint density at radius 3 is 2.68 bits per heavy atom. The largest absolute Gasteiger partial charge is 0.454 e. The Morgan fingerprint density at radius 1 is 1.18 bits per heavy atom. The van der Waals surface area contributed by atoms with Crippen molar-refractivity contribution in [3.63, 3.8) is 0 Å². The van der Waals surface area contributed by atoms with Crippen LogP contribution in [0.3, 0.4) is 0 Å². The number of rotatable bonds is 2. The minimum absolute atomic E-state index is 0.176. The van der Waals surface area contributed by atoms with Gasteiger partial charge in [-0.25, -0.2) is 0 Å². The van der Waals surface area contributed by atoms with Gasteiger partial charge in [-0.2, -0.15) is 0 Å². The molecule has 2 fully saturated rings. The Balaban J connectivity index is 1.43. The van der Waals surface area contributed by atoms with Gasteiger partial charge in [-0.05, 0) is 44.7 Å². The highest BCUT2D eigenvalue weighted by atomic mass is 16.7. The summed E-state index contributed by atoms with van der Waals surface area (Å²) >= 11 is 0. The fourth-order valence-electron chi connectivity index (χ4n) is 4.98. The van der Waals surface area contributed by atoms with Gasteiger partial charge in [0.1, 0.15) is 0 Å². The maximum absolute atomic E-state index is 10.4. The second kappa shape index (κ2) is 6.78. The number of anilines is 1. The molecule has 1 N–H and O–H groups in total. The zero-order valence-corrected chi connectivity index (χ0v) is 16.6. The number of piperidine rings is 1. The lowest BCUT2D eigenvalue weighted by molar-refractivity contribution is -0.171. The maximum Gasteiger partial charge on any atom is 0.231 e. The van der Waals surface area contributed by atoms with Crippen LogP contribution in [0.25, 0.3) is 10.9 Å². The third-order valence-corrected chi connectivity index (χ3v) is 6.44. The zero-order chi connectivity index (χ0) is 19.3. The van der Waals surface area contributed by atoms with Crippen molar-refractivity contribution in [2.75, 3.05) is 24.8 Å². The van der Waals surface area contributed by atoms with Crippen molar-refractivity contribution in [2.24, 2.45) is 0 Å². The molecule has 2 saturated heterocycles. The number of nitrogens with zero attached hydrogens (tertiary/aromatic N) is 2. The second-order valence-electron chi connectivity index (χ2n) is 8.42. The van der Waals surface area contributed by atoms with E-state index in [2.05, 4.69) is 24.0 Å². The van der Waals surface area contributed by atoms with E-state index in [4.69, 9.17) is 19.2 Å². The van der Waals surface area contributed by atoms with Crippen LogP contribution in [0.2, 0.25) is 0 Å². The molecule has 0 bridgehead atoms. The molecule has 4 heterocycles. The van der Waals surface area contributed by atoms with Crippen molar-refractivity contribution in [3.05, 3.63) is 23.9 Å². The smallest absolute Gasteiger partial charge is 0.231 e. The van der Waals surface area contributed by atoms with Gasteiger partial charge in [-0.3, -0.25) is 4.98 Å². The van der Waals surface area contributed by atoms with E-state index < -0.39 is 0 Å². The van der Waals surface area contributed by atoms with Gasteiger partial charge in [0, 0.05) is 42.3 Å². The topological polar surface area (TPSA) is 64.1 Å². The van der Waals surface area contributed by atoms with Crippen LogP contribution in [-0.2, 0) is 4.74 Å². The third kappa shape index (κ3) is 3.08. The summed E-state index contributed by atoms with van der Waals surface area (Å²) in [6.07, 6.45) is 4.30. The Morgan fingerprint density at radius 2 is 1.93 bits per heavy atom. The van der Waals surface area contributed by atoms with Crippen molar-refractivity contribution in [1.82, 2.24) is 4.98 Å². The molecule has 0 amide bonds. The normalized spacial score (nSPS) is 26.2. The SMILES string of the molecule is CC[C@H]1C[C@@H](O)CC2(CCN(c3cc(C)nc4cc5c(cc34)OCO5)CC2)O1. The second-order valence-corrected chi connectivity index (χ2v) is 8.42. The third-order valence-electron chi connectivity index (χ3n) is 6.44. The van der Waals surface area contributed by atoms with Gasteiger partial charge in [-0.15, -0.1) is 0 Å². The molecule has 2 atom stereocenters. The summed E-state index contributed by atoms with van der Waals surface area (Å²) in [5.41, 5.74) is 2.95. The number of aromatic nitrogens is 1. The summed E-state index contributed by atoms with van der Waals surface area (Å²) in [5.74, 6) is 1.56. The number of aliphatic hydroxyl groups is 1. The highest BCUT2D eigenvalue weighted by Crippen LogP contribution is 2.42. The average molecular weight is 384 g/mol. The number of ether oxygens (including phenoxy) is 3. The van der Waals surface area contributed by atoms with E-state index in [0.717, 1.165) is 73.3 Å². The van der Waals surface area contributed by atoms with Crippen LogP contribution < -0.4 is 14.4 Å². The molecule has 3 aliphatic heterocycles. The molecule has 3 aliphatic rings. The van der Waals surface area contributed by atoms with E-state index >= 15 is 0 Å². The van der Waals surface area contributed by atoms with Crippen molar-refractivity contribution in [1.29, 1.82) is 0 Å². The molecule has 0 radical (unpaired) electrons. The summed E-state index contributed by atoms with van der Waals surface area (Å²) in [6, 6.07) is 6.19. The number of fused-ring (bicyclic) bond motifs is 2. The summed E-state index contributed by atoms with van der Waals surface area (Å²) in [4.78, 5) is 7.13. The molecular weight excluding hydrogens is 356 g/mol. The molecule has 28 heavy (non-hydrogen) atoms. The highest BCUT2D eigenvalue weighted by molar-refractivity contribution is 5.94. The number of aryl methyl sites for hydroxylation is 1. The van der Waals surface area contributed by atoms with Crippen LogP contribution in [0, 0.1) is 6.92 Å². The lowest BCUT2D eigenvalue weighted by Crippen LogP contribution is -2.52. The standard InChI is InChI=1S/C22H28N2O4/c1-3-16-9-15(25)12-22(28-16)4-6-24(7-5-22)19-8-14(2)23-18-11-21-20(10-17(18)19)26-13-27-21/h8,10-11,15-16,25H,3-7,9,12-13H2,1-2H3/t15-,16+/m1/s1. The van der Waals surface area contributed by atoms with E-state index in [1.54, 1.807) is 0 Å². The van der Waals surface area contributed by atoms with Gasteiger partial charge in [0.25, 0.3) is 0 Å². The van der Waals surface area contributed by atoms with Gasteiger partial charge < -0.3 is 24.2 Å². The number of hydrogen-bond donors (Lipinski definition) is 1. The van der Waals surface area contributed by atoms with Crippen molar-refractivity contribution >= 4 is 16.6 Å². The zero-order valence-electron chi connectivity index (χ0n) is 16.6. The predicted molar refractivity (Wildman–Crippen MR) is 107 cm³/mol. The van der Waals surface area contributed by atoms with Crippen LogP contribution >= 0.6 is 0 Å². The first-order valence-corrected chi connectivity index (χ1v) is 10.4. The Labute approximate surface area is 165 Å². The molecule has 6 nitrogen and oxygen atoms in total. The molecular formula is C22H28N2O4. The average Bonchev–Trinajstić information content (AvgIpc) is 3.13. The first-order chi connectivity index (χ1) is 13.5. The maximum atomic E-state index is 10.4. The van der Waals surface area contributed by atoms with Gasteiger partial charge in [0.2, 0.25) is 6.79 Å². The van der Waals surface area contributed by atoms with Crippen molar-refractivity contribution in [2.45, 2.75) is 63.8 Å². The molecule has 0 saturated carbocycles. The fraction of sp³-hybridized carbons (Fsp3) is 0.591. The van der Waals surface area contributed by atoms with E-state index in [9.17, 15) is 5.11 Å². The minimum Gasteiger partial charge on any atom is -0.454 e. The number of hydrogen-bond acceptors (Lipinski definition) is 6. The molecule has 1 aromatic carbocycles. The number of benzene rings is 1. The predicted octanol–water partition coefficient (Wildman–Crippen LogP) is 3.56. The van der Waals surface area contributed by atoms with Gasteiger partial charge in [0.15, 0.2) is 11.5 Å². The molecule has 5 rings (SSSR count). The fourth-order valence-corrected chi connectivity index (χ4v) is 4.98. The lowest BCUT2D eigenvalue weighted by atomic mass is 9.81. The molecule has 150 valence electrons. The quantitative estimate of drug-likeness (QED) is 0.854. The molecule has 0 unspecified atom stereocenters. The van der Waals surface area contributed by atoms with Gasteiger partial charge in [0.05, 0.1) is 23.3 Å². The van der Waals surface area contributed by atoms with Crippen LogP contribution in [0.1, 0.15) is 44.7 Å². The molecule has 0 aliphatic carbocycles.